The Morgan fingerprint density at radius 2 is 2.12 bits per heavy atom. The number of carbonyl (C=O) groups is 1. The van der Waals surface area contributed by atoms with Crippen LogP contribution in [0.15, 0.2) is 40.4 Å². The number of amides is 1. The zero-order valence-electron chi connectivity index (χ0n) is 13.8. The van der Waals surface area contributed by atoms with Crippen molar-refractivity contribution in [2.75, 3.05) is 6.61 Å². The first-order chi connectivity index (χ1) is 11.7. The SMILES string of the molecule is CC1(C)OC[C@H](C(=CS(O)(O)C2=NCc3ccccc32)N(O)C=O)O1. The molecule has 8 nitrogen and oxygen atoms in total. The third kappa shape index (κ3) is 3.61. The van der Waals surface area contributed by atoms with E-state index in [0.29, 0.717) is 12.1 Å². The number of hydrogen-bond acceptors (Lipinski definition) is 7. The molecule has 25 heavy (non-hydrogen) atoms. The second kappa shape index (κ2) is 6.52. The van der Waals surface area contributed by atoms with E-state index >= 15 is 0 Å². The number of hydroxylamine groups is 2. The maximum Gasteiger partial charge on any atom is 0.237 e. The average Bonchev–Trinajstić information content (AvgIpc) is 3.15. The van der Waals surface area contributed by atoms with Gasteiger partial charge in [0.25, 0.3) is 0 Å². The van der Waals surface area contributed by atoms with Crippen molar-refractivity contribution in [1.29, 1.82) is 0 Å². The highest BCUT2D eigenvalue weighted by molar-refractivity contribution is 8.39. The number of rotatable bonds is 4. The summed E-state index contributed by atoms with van der Waals surface area (Å²) in [5.74, 6) is -0.909. The molecule has 0 radical (unpaired) electrons. The van der Waals surface area contributed by atoms with Crippen LogP contribution >= 0.6 is 10.6 Å². The van der Waals surface area contributed by atoms with E-state index in [9.17, 15) is 19.1 Å². The van der Waals surface area contributed by atoms with Crippen LogP contribution < -0.4 is 0 Å². The molecule has 2 aliphatic rings. The number of carbonyl (C=O) groups excluding carboxylic acids is 1. The van der Waals surface area contributed by atoms with E-state index in [1.165, 1.54) is 0 Å². The first-order valence-electron chi connectivity index (χ1n) is 7.61. The molecule has 0 bridgehead atoms. The van der Waals surface area contributed by atoms with E-state index < -0.39 is 22.5 Å². The van der Waals surface area contributed by atoms with Crippen LogP contribution in [0.4, 0.5) is 0 Å². The fraction of sp³-hybridized carbons (Fsp3) is 0.375. The summed E-state index contributed by atoms with van der Waals surface area (Å²) in [5, 5.41) is 11.3. The fourth-order valence-electron chi connectivity index (χ4n) is 2.76. The van der Waals surface area contributed by atoms with Gasteiger partial charge in [0, 0.05) is 5.56 Å². The van der Waals surface area contributed by atoms with Gasteiger partial charge in [-0.25, -0.2) is 0 Å². The highest BCUT2D eigenvalue weighted by atomic mass is 32.3. The van der Waals surface area contributed by atoms with Crippen LogP contribution in [0.3, 0.4) is 0 Å². The predicted molar refractivity (Wildman–Crippen MR) is 92.2 cm³/mol. The summed E-state index contributed by atoms with van der Waals surface area (Å²) in [6.07, 6.45) is -0.672. The lowest BCUT2D eigenvalue weighted by Crippen LogP contribution is -2.30. The minimum absolute atomic E-state index is 0.0579. The van der Waals surface area contributed by atoms with E-state index in [1.54, 1.807) is 26.0 Å². The minimum Gasteiger partial charge on any atom is -0.347 e. The molecule has 0 aromatic heterocycles. The lowest BCUT2D eigenvalue weighted by Gasteiger charge is -2.31. The summed E-state index contributed by atoms with van der Waals surface area (Å²) >= 11 is 0. The van der Waals surface area contributed by atoms with Crippen LogP contribution in [-0.2, 0) is 20.8 Å². The Bertz CT molecular complexity index is 746. The van der Waals surface area contributed by atoms with E-state index in [0.717, 1.165) is 11.0 Å². The smallest absolute Gasteiger partial charge is 0.237 e. The molecular weight excluding hydrogens is 348 g/mol. The lowest BCUT2D eigenvalue weighted by atomic mass is 10.1. The van der Waals surface area contributed by atoms with Crippen LogP contribution in [0.1, 0.15) is 25.0 Å². The second-order valence-electron chi connectivity index (χ2n) is 6.18. The van der Waals surface area contributed by atoms with Crippen molar-refractivity contribution in [1.82, 2.24) is 5.06 Å². The first-order valence-corrected chi connectivity index (χ1v) is 9.22. The zero-order chi connectivity index (χ0) is 18.2. The van der Waals surface area contributed by atoms with Crippen LogP contribution in [-0.4, -0.2) is 49.3 Å². The number of nitrogens with zero attached hydrogens (tertiary/aromatic N) is 2. The zero-order valence-corrected chi connectivity index (χ0v) is 14.6. The number of aliphatic imine (C=N–C) groups is 1. The Morgan fingerprint density at radius 1 is 1.40 bits per heavy atom. The van der Waals surface area contributed by atoms with Crippen LogP contribution in [0.5, 0.6) is 0 Å². The normalized spacial score (nSPS) is 23.2. The van der Waals surface area contributed by atoms with E-state index in [2.05, 4.69) is 4.99 Å². The predicted octanol–water partition coefficient (Wildman–Crippen LogP) is 2.54. The van der Waals surface area contributed by atoms with E-state index in [4.69, 9.17) is 9.47 Å². The molecule has 0 aliphatic carbocycles. The largest absolute Gasteiger partial charge is 0.347 e. The average molecular weight is 368 g/mol. The van der Waals surface area contributed by atoms with E-state index in [-0.39, 0.29) is 28.8 Å². The van der Waals surface area contributed by atoms with Gasteiger partial charge in [-0.1, -0.05) is 24.3 Å². The molecule has 1 aromatic carbocycles. The molecule has 1 aromatic rings. The number of fused-ring (bicyclic) bond motifs is 1. The number of benzene rings is 1. The molecular formula is C16H20N2O6S. The molecule has 1 amide bonds. The Morgan fingerprint density at radius 3 is 2.76 bits per heavy atom. The van der Waals surface area contributed by atoms with Crippen molar-refractivity contribution in [2.24, 2.45) is 4.99 Å². The van der Waals surface area contributed by atoms with Gasteiger partial charge in [-0.3, -0.25) is 24.1 Å². The molecule has 2 aliphatic heterocycles. The lowest BCUT2D eigenvalue weighted by molar-refractivity contribution is -0.155. The standard InChI is InChI=1S/C16H20N2O6S/c1-16(2)23-8-14(24-16)13(18(20)10-19)9-25(21,22)15-12-6-4-3-5-11(12)7-17-15/h3-6,9-10,14,20-22H,7-8H2,1-2H3/t14-/m1/s1. The Balaban J connectivity index is 1.95. The van der Waals surface area contributed by atoms with Crippen molar-refractivity contribution in [2.45, 2.75) is 32.3 Å². The molecule has 9 heteroatoms. The van der Waals surface area contributed by atoms with Gasteiger partial charge in [-0.15, -0.1) is 10.6 Å². The van der Waals surface area contributed by atoms with Crippen molar-refractivity contribution in [3.8, 4) is 0 Å². The monoisotopic (exact) mass is 368 g/mol. The fourth-order valence-corrected chi connectivity index (χ4v) is 4.25. The quantitative estimate of drug-likeness (QED) is 0.428. The highest BCUT2D eigenvalue weighted by Gasteiger charge is 2.38. The number of hydrogen-bond donors (Lipinski definition) is 3. The third-order valence-electron chi connectivity index (χ3n) is 3.91. The van der Waals surface area contributed by atoms with Gasteiger partial charge >= 0.3 is 0 Å². The molecule has 2 heterocycles. The van der Waals surface area contributed by atoms with Crippen molar-refractivity contribution >= 4 is 22.0 Å². The van der Waals surface area contributed by atoms with Gasteiger partial charge in [0.2, 0.25) is 6.41 Å². The van der Waals surface area contributed by atoms with Gasteiger partial charge in [-0.05, 0) is 19.4 Å². The topological polar surface area (TPSA) is 112 Å². The van der Waals surface area contributed by atoms with Gasteiger partial charge < -0.3 is 9.47 Å². The van der Waals surface area contributed by atoms with Crippen LogP contribution in [0, 0.1) is 0 Å². The Labute approximate surface area is 146 Å². The van der Waals surface area contributed by atoms with Crippen LogP contribution in [0.25, 0.3) is 0 Å². The third-order valence-corrected chi connectivity index (χ3v) is 5.40. The maximum absolute atomic E-state index is 11.0. The van der Waals surface area contributed by atoms with Crippen molar-refractivity contribution in [3.05, 3.63) is 46.5 Å². The molecule has 3 rings (SSSR count). The summed E-state index contributed by atoms with van der Waals surface area (Å²) in [6.45, 7) is 3.77. The molecule has 1 saturated heterocycles. The van der Waals surface area contributed by atoms with Crippen LogP contribution in [0.2, 0.25) is 0 Å². The van der Waals surface area contributed by atoms with Gasteiger partial charge in [-0.2, -0.15) is 5.06 Å². The highest BCUT2D eigenvalue weighted by Crippen LogP contribution is 2.49. The maximum atomic E-state index is 11.0. The summed E-state index contributed by atoms with van der Waals surface area (Å²) in [6, 6.07) is 7.22. The summed E-state index contributed by atoms with van der Waals surface area (Å²) in [7, 11) is -3.51. The molecule has 0 unspecified atom stereocenters. The van der Waals surface area contributed by atoms with Gasteiger partial charge in [0.1, 0.15) is 6.10 Å². The summed E-state index contributed by atoms with van der Waals surface area (Å²) < 4.78 is 32.3. The molecule has 136 valence electrons. The first kappa shape index (κ1) is 18.1. The van der Waals surface area contributed by atoms with Crippen molar-refractivity contribution in [3.63, 3.8) is 0 Å². The molecule has 3 N–H and O–H groups in total. The molecule has 0 spiro atoms. The minimum atomic E-state index is -3.51. The van der Waals surface area contributed by atoms with Gasteiger partial charge in [0.05, 0.1) is 24.3 Å². The Hall–Kier alpha value is -1.75. The van der Waals surface area contributed by atoms with E-state index in [1.807, 2.05) is 12.1 Å². The molecule has 1 atom stereocenters. The second-order valence-corrected chi connectivity index (χ2v) is 7.99. The van der Waals surface area contributed by atoms with Gasteiger partial charge in [0.15, 0.2) is 10.8 Å². The number of ether oxygens (including phenoxy) is 2. The summed E-state index contributed by atoms with van der Waals surface area (Å²) in [4.78, 5) is 15.2. The Kier molecular flexibility index (Phi) is 4.71. The van der Waals surface area contributed by atoms with Crippen molar-refractivity contribution < 1.29 is 28.6 Å². The molecule has 0 saturated carbocycles. The molecule has 1 fully saturated rings. The summed E-state index contributed by atoms with van der Waals surface area (Å²) in [5.41, 5.74) is 1.41.